The lowest BCUT2D eigenvalue weighted by Crippen LogP contribution is -2.48. The Bertz CT molecular complexity index is 1330. The summed E-state index contributed by atoms with van der Waals surface area (Å²) in [5, 5.41) is 5.74. The molecule has 1 aromatic heterocycles. The smallest absolute Gasteiger partial charge is 0.195 e. The molecule has 1 aliphatic rings. The number of benzene rings is 1. The van der Waals surface area contributed by atoms with Gasteiger partial charge < -0.3 is 10.2 Å². The minimum absolute atomic E-state index is 0.0123. The number of nitrogens with one attached hydrogen (secondary N) is 1. The maximum atomic E-state index is 13.7. The van der Waals surface area contributed by atoms with Gasteiger partial charge in [-0.05, 0) is 62.9 Å². The van der Waals surface area contributed by atoms with E-state index in [4.69, 9.17) is 0 Å². The van der Waals surface area contributed by atoms with Gasteiger partial charge in [-0.3, -0.25) is 14.7 Å². The predicted molar refractivity (Wildman–Crippen MR) is 151 cm³/mol. The normalized spacial score (nSPS) is 16.1. The maximum absolute atomic E-state index is 13.7. The molecule has 1 aliphatic heterocycles. The second-order valence-corrected chi connectivity index (χ2v) is 9.53. The first-order valence-corrected chi connectivity index (χ1v) is 12.5. The zero-order chi connectivity index (χ0) is 24.9. The first kappa shape index (κ1) is 24.7. The molecule has 4 rings (SSSR count). The molecule has 1 atom stereocenters. The number of pyridine rings is 1. The van der Waals surface area contributed by atoms with E-state index in [1.54, 1.807) is 0 Å². The lowest BCUT2D eigenvalue weighted by atomic mass is 10.1. The molecule has 1 unspecified atom stereocenters. The summed E-state index contributed by atoms with van der Waals surface area (Å²) in [6, 6.07) is 12.5. The SMILES string of the molecule is C=C(/C=C\C=C/C)C(C)Nc1ccc2ccc3ncc(N4CCN(C(C)C)CC4)cc3c(=O)c2c1. The zero-order valence-electron chi connectivity index (χ0n) is 21.3. The van der Waals surface area contributed by atoms with Gasteiger partial charge in [0.2, 0.25) is 0 Å². The first-order valence-electron chi connectivity index (χ1n) is 12.5. The summed E-state index contributed by atoms with van der Waals surface area (Å²) >= 11 is 0. The minimum atomic E-state index is 0.0123. The van der Waals surface area contributed by atoms with Gasteiger partial charge in [0.05, 0.1) is 22.8 Å². The van der Waals surface area contributed by atoms with Gasteiger partial charge in [-0.25, -0.2) is 0 Å². The molecular formula is C30H36N4O. The highest BCUT2D eigenvalue weighted by molar-refractivity contribution is 5.94. The Morgan fingerprint density at radius 2 is 1.77 bits per heavy atom. The standard InChI is InChI=1S/C30H36N4O/c1-6-7-8-9-22(4)23(5)32-25-12-10-24-11-13-29-28(30(35)27(24)18-25)19-26(20-31-29)34-16-14-33(15-17-34)21(2)3/h6-13,18-21,23,32H,4,14-17H2,1-3,5H3/b7-6-,9-8-. The number of anilines is 2. The Hall–Kier alpha value is -3.44. The van der Waals surface area contributed by atoms with Crippen LogP contribution in [-0.4, -0.2) is 48.1 Å². The third-order valence-electron chi connectivity index (χ3n) is 6.83. The van der Waals surface area contributed by atoms with E-state index in [0.29, 0.717) is 16.8 Å². The van der Waals surface area contributed by atoms with Crippen LogP contribution in [0.4, 0.5) is 11.4 Å². The topological polar surface area (TPSA) is 48.5 Å². The molecule has 2 aromatic carbocycles. The highest BCUT2D eigenvalue weighted by Crippen LogP contribution is 2.23. The first-order chi connectivity index (χ1) is 16.9. The van der Waals surface area contributed by atoms with E-state index in [2.05, 4.69) is 47.5 Å². The average Bonchev–Trinajstić information content (AvgIpc) is 3.00. The lowest BCUT2D eigenvalue weighted by Gasteiger charge is -2.38. The molecule has 1 saturated heterocycles. The van der Waals surface area contributed by atoms with Crippen molar-refractivity contribution < 1.29 is 0 Å². The monoisotopic (exact) mass is 468 g/mol. The van der Waals surface area contributed by atoms with Crippen molar-refractivity contribution >= 4 is 33.1 Å². The van der Waals surface area contributed by atoms with Crippen molar-refractivity contribution in [3.05, 3.63) is 89.3 Å². The van der Waals surface area contributed by atoms with Crippen LogP contribution < -0.4 is 15.6 Å². The molecule has 3 aromatic rings. The van der Waals surface area contributed by atoms with Gasteiger partial charge in [-0.15, -0.1) is 0 Å². The molecular weight excluding hydrogens is 432 g/mol. The van der Waals surface area contributed by atoms with Gasteiger partial charge in [-0.2, -0.15) is 0 Å². The number of allylic oxidation sites excluding steroid dienone is 3. The summed E-state index contributed by atoms with van der Waals surface area (Å²) in [5.74, 6) is 0. The summed E-state index contributed by atoms with van der Waals surface area (Å²) in [5.41, 5.74) is 3.63. The number of piperazine rings is 1. The van der Waals surface area contributed by atoms with Gasteiger partial charge >= 0.3 is 0 Å². The molecule has 35 heavy (non-hydrogen) atoms. The highest BCUT2D eigenvalue weighted by atomic mass is 16.1. The van der Waals surface area contributed by atoms with Crippen molar-refractivity contribution in [1.29, 1.82) is 0 Å². The summed E-state index contributed by atoms with van der Waals surface area (Å²) in [6.45, 7) is 16.6. The summed E-state index contributed by atoms with van der Waals surface area (Å²) in [4.78, 5) is 23.2. The van der Waals surface area contributed by atoms with Crippen LogP contribution in [0.5, 0.6) is 0 Å². The number of aromatic nitrogens is 1. The van der Waals surface area contributed by atoms with Gasteiger partial charge in [0.25, 0.3) is 0 Å². The molecule has 182 valence electrons. The Morgan fingerprint density at radius 1 is 1.03 bits per heavy atom. The number of hydrogen-bond donors (Lipinski definition) is 1. The van der Waals surface area contributed by atoms with Crippen LogP contribution in [0.2, 0.25) is 0 Å². The predicted octanol–water partition coefficient (Wildman–Crippen LogP) is 5.77. The van der Waals surface area contributed by atoms with E-state index in [9.17, 15) is 4.79 Å². The fourth-order valence-corrected chi connectivity index (χ4v) is 4.53. The number of rotatable bonds is 7. The summed E-state index contributed by atoms with van der Waals surface area (Å²) < 4.78 is 0. The third kappa shape index (κ3) is 5.63. The fourth-order valence-electron chi connectivity index (χ4n) is 4.53. The zero-order valence-corrected chi connectivity index (χ0v) is 21.3. The van der Waals surface area contributed by atoms with E-state index in [1.165, 1.54) is 0 Å². The van der Waals surface area contributed by atoms with Crippen molar-refractivity contribution in [2.45, 2.75) is 39.8 Å². The molecule has 5 heteroatoms. The Kier molecular flexibility index (Phi) is 7.67. The Labute approximate surface area is 208 Å². The second kappa shape index (κ2) is 10.9. The van der Waals surface area contributed by atoms with Gasteiger partial charge in [0.15, 0.2) is 5.43 Å². The molecule has 0 radical (unpaired) electrons. The molecule has 5 nitrogen and oxygen atoms in total. The molecule has 0 aliphatic carbocycles. The highest BCUT2D eigenvalue weighted by Gasteiger charge is 2.19. The van der Waals surface area contributed by atoms with Gasteiger partial charge in [0.1, 0.15) is 0 Å². The molecule has 1 N–H and O–H groups in total. The van der Waals surface area contributed by atoms with Crippen LogP contribution in [0.25, 0.3) is 21.7 Å². The van der Waals surface area contributed by atoms with E-state index in [-0.39, 0.29) is 11.5 Å². The lowest BCUT2D eigenvalue weighted by molar-refractivity contribution is 0.209. The largest absolute Gasteiger partial charge is 0.379 e. The Morgan fingerprint density at radius 3 is 2.49 bits per heavy atom. The van der Waals surface area contributed by atoms with Crippen molar-refractivity contribution in [2.75, 3.05) is 36.4 Å². The summed E-state index contributed by atoms with van der Waals surface area (Å²) in [6.07, 6.45) is 9.85. The van der Waals surface area contributed by atoms with Gasteiger partial charge in [-0.1, -0.05) is 43.0 Å². The quantitative estimate of drug-likeness (QED) is 0.446. The van der Waals surface area contributed by atoms with E-state index in [0.717, 1.165) is 54.0 Å². The maximum Gasteiger partial charge on any atom is 0.195 e. The molecule has 0 amide bonds. The second-order valence-electron chi connectivity index (χ2n) is 9.53. The molecule has 2 heterocycles. The van der Waals surface area contributed by atoms with Gasteiger partial charge in [0, 0.05) is 49.3 Å². The third-order valence-corrected chi connectivity index (χ3v) is 6.83. The molecule has 0 bridgehead atoms. The van der Waals surface area contributed by atoms with Crippen LogP contribution in [0, 0.1) is 0 Å². The average molecular weight is 469 g/mol. The summed E-state index contributed by atoms with van der Waals surface area (Å²) in [7, 11) is 0. The van der Waals surface area contributed by atoms with E-state index in [1.807, 2.05) is 73.8 Å². The number of nitrogens with zero attached hydrogens (tertiary/aromatic N) is 3. The van der Waals surface area contributed by atoms with Crippen molar-refractivity contribution in [3.63, 3.8) is 0 Å². The number of hydrogen-bond acceptors (Lipinski definition) is 5. The van der Waals surface area contributed by atoms with Crippen LogP contribution >= 0.6 is 0 Å². The van der Waals surface area contributed by atoms with Crippen LogP contribution in [0.15, 0.2) is 83.8 Å². The van der Waals surface area contributed by atoms with Crippen LogP contribution in [0.1, 0.15) is 27.7 Å². The molecule has 1 fully saturated rings. The van der Waals surface area contributed by atoms with Crippen molar-refractivity contribution in [1.82, 2.24) is 9.88 Å². The minimum Gasteiger partial charge on any atom is -0.379 e. The number of fused-ring (bicyclic) bond motifs is 2. The van der Waals surface area contributed by atoms with E-state index < -0.39 is 0 Å². The van der Waals surface area contributed by atoms with Crippen molar-refractivity contribution in [3.8, 4) is 0 Å². The molecule has 0 saturated carbocycles. The molecule has 0 spiro atoms. The van der Waals surface area contributed by atoms with Crippen LogP contribution in [-0.2, 0) is 0 Å². The Balaban J connectivity index is 1.65. The van der Waals surface area contributed by atoms with E-state index >= 15 is 0 Å². The van der Waals surface area contributed by atoms with Crippen molar-refractivity contribution in [2.24, 2.45) is 0 Å². The van der Waals surface area contributed by atoms with Crippen LogP contribution in [0.3, 0.4) is 0 Å². The fraction of sp³-hybridized carbons (Fsp3) is 0.333.